The fourth-order valence-electron chi connectivity index (χ4n) is 6.25. The van der Waals surface area contributed by atoms with Crippen molar-refractivity contribution >= 4 is 17.9 Å². The van der Waals surface area contributed by atoms with Crippen LogP contribution in [-0.2, 0) is 28.6 Å². The van der Waals surface area contributed by atoms with Gasteiger partial charge in [0.05, 0.1) is 0 Å². The van der Waals surface area contributed by atoms with Crippen LogP contribution in [-0.4, -0.2) is 37.2 Å². The second-order valence-corrected chi connectivity index (χ2v) is 16.3. The van der Waals surface area contributed by atoms with Crippen molar-refractivity contribution in [3.8, 4) is 0 Å². The number of unbranched alkanes of at least 4 members (excludes halogenated alkanes) is 11. The lowest BCUT2D eigenvalue weighted by Gasteiger charge is -2.18. The molecule has 0 heterocycles. The van der Waals surface area contributed by atoms with Crippen LogP contribution in [0, 0.1) is 0 Å². The molecular weight excluding hydrogens is 805 g/mol. The average molecular weight is 897 g/mol. The number of carbonyl (C=O) groups is 3. The first-order valence-corrected chi connectivity index (χ1v) is 25.7. The van der Waals surface area contributed by atoms with Crippen LogP contribution in [0.4, 0.5) is 0 Å². The summed E-state index contributed by atoms with van der Waals surface area (Å²) >= 11 is 0. The summed E-state index contributed by atoms with van der Waals surface area (Å²) in [6.07, 6.45) is 73.0. The van der Waals surface area contributed by atoms with Crippen molar-refractivity contribution in [2.24, 2.45) is 0 Å². The fourth-order valence-corrected chi connectivity index (χ4v) is 6.25. The second kappa shape index (κ2) is 52.2. The Balaban J connectivity index is 4.63. The number of hydrogen-bond donors (Lipinski definition) is 0. The normalized spacial score (nSPS) is 13.2. The molecule has 0 spiro atoms. The van der Waals surface area contributed by atoms with E-state index in [1.165, 1.54) is 51.4 Å². The van der Waals surface area contributed by atoms with Crippen LogP contribution in [0.25, 0.3) is 0 Å². The van der Waals surface area contributed by atoms with Gasteiger partial charge in [0.25, 0.3) is 0 Å². The highest BCUT2D eigenvalue weighted by Crippen LogP contribution is 2.10. The zero-order chi connectivity index (χ0) is 47.2. The SMILES string of the molecule is CC/C=C\C/C=C\C/C=C\C/C=C\CCCCC(=O)O[C@@H](COC(=O)CCC/C=C\C/C=C\C/C=C\C/C=C\CCCCC)COC(=O)CCCC/C=C\C/C=C\C/C=C\CCCCC. The largest absolute Gasteiger partial charge is 0.462 e. The van der Waals surface area contributed by atoms with Crippen LogP contribution in [0.15, 0.2) is 134 Å². The Bertz CT molecular complexity index is 1450. The van der Waals surface area contributed by atoms with Gasteiger partial charge < -0.3 is 14.2 Å². The highest BCUT2D eigenvalue weighted by Gasteiger charge is 2.19. The molecule has 0 radical (unpaired) electrons. The molecule has 0 aromatic rings. The molecule has 0 saturated heterocycles. The Morgan fingerprint density at radius 3 is 0.938 bits per heavy atom. The maximum atomic E-state index is 12.8. The third-order valence-corrected chi connectivity index (χ3v) is 10.1. The first kappa shape index (κ1) is 60.5. The molecule has 0 aliphatic rings. The smallest absolute Gasteiger partial charge is 0.306 e. The van der Waals surface area contributed by atoms with E-state index in [0.717, 1.165) is 89.9 Å². The highest BCUT2D eigenvalue weighted by molar-refractivity contribution is 5.71. The zero-order valence-electron chi connectivity index (χ0n) is 41.4. The number of carbonyl (C=O) groups excluding carboxylic acids is 3. The van der Waals surface area contributed by atoms with E-state index >= 15 is 0 Å². The summed E-state index contributed by atoms with van der Waals surface area (Å²) in [5.41, 5.74) is 0. The van der Waals surface area contributed by atoms with Crippen LogP contribution in [0.3, 0.4) is 0 Å². The number of esters is 3. The molecule has 0 saturated carbocycles. The van der Waals surface area contributed by atoms with E-state index in [9.17, 15) is 14.4 Å². The molecule has 0 bridgehead atoms. The van der Waals surface area contributed by atoms with Crippen LogP contribution >= 0.6 is 0 Å². The van der Waals surface area contributed by atoms with Crippen molar-refractivity contribution in [3.05, 3.63) is 134 Å². The lowest BCUT2D eigenvalue weighted by atomic mass is 10.1. The van der Waals surface area contributed by atoms with E-state index in [1.807, 2.05) is 0 Å². The Morgan fingerprint density at radius 2 is 0.600 bits per heavy atom. The molecule has 6 heteroatoms. The maximum absolute atomic E-state index is 12.8. The molecule has 0 amide bonds. The van der Waals surface area contributed by atoms with Gasteiger partial charge in [0.15, 0.2) is 6.10 Å². The molecule has 0 rings (SSSR count). The van der Waals surface area contributed by atoms with Gasteiger partial charge in [0, 0.05) is 19.3 Å². The van der Waals surface area contributed by atoms with Gasteiger partial charge in [-0.1, -0.05) is 180 Å². The minimum atomic E-state index is -0.842. The highest BCUT2D eigenvalue weighted by atomic mass is 16.6. The summed E-state index contributed by atoms with van der Waals surface area (Å²) in [5.74, 6) is -1.08. The Kier molecular flexibility index (Phi) is 48.6. The lowest BCUT2D eigenvalue weighted by molar-refractivity contribution is -0.167. The third-order valence-electron chi connectivity index (χ3n) is 10.1. The first-order valence-electron chi connectivity index (χ1n) is 25.7. The topological polar surface area (TPSA) is 78.9 Å². The van der Waals surface area contributed by atoms with Crippen molar-refractivity contribution in [3.63, 3.8) is 0 Å². The Labute approximate surface area is 398 Å². The van der Waals surface area contributed by atoms with Crippen molar-refractivity contribution < 1.29 is 28.6 Å². The van der Waals surface area contributed by atoms with E-state index in [0.29, 0.717) is 19.3 Å². The van der Waals surface area contributed by atoms with Crippen molar-refractivity contribution in [1.82, 2.24) is 0 Å². The molecular formula is C59H92O6. The van der Waals surface area contributed by atoms with Gasteiger partial charge in [-0.2, -0.15) is 0 Å². The maximum Gasteiger partial charge on any atom is 0.306 e. The van der Waals surface area contributed by atoms with E-state index in [4.69, 9.17) is 14.2 Å². The molecule has 0 fully saturated rings. The number of allylic oxidation sites excluding steroid dienone is 22. The van der Waals surface area contributed by atoms with Gasteiger partial charge in [0.2, 0.25) is 0 Å². The summed E-state index contributed by atoms with van der Waals surface area (Å²) in [4.78, 5) is 37.9. The standard InChI is InChI=1S/C59H92O6/c1-4-7-10-13-16-19-22-25-28-29-32-34-37-40-43-46-49-52-58(61)64-55-56(65-59(62)53-50-47-44-41-38-35-31-27-24-21-18-15-12-9-6-3)54-63-57(60)51-48-45-42-39-36-33-30-26-23-20-17-14-11-8-5-2/h9,12,16-21,25-28,30-32,34,36,38-41,43,56H,4-8,10-11,13-15,22-24,29,33,35,37,42,44-55H2,1-3H3/b12-9-,19-16-,20-17-,21-18-,28-25-,30-26-,31-27-,34-32-,39-36-,41-38-,43-40-/t56-/m1/s1. The molecule has 1 atom stereocenters. The van der Waals surface area contributed by atoms with Gasteiger partial charge in [-0.05, 0) is 135 Å². The average Bonchev–Trinajstić information content (AvgIpc) is 3.30. The first-order chi connectivity index (χ1) is 32.0. The minimum Gasteiger partial charge on any atom is -0.462 e. The molecule has 0 aliphatic carbocycles. The van der Waals surface area contributed by atoms with Crippen molar-refractivity contribution in [1.29, 1.82) is 0 Å². The summed E-state index contributed by atoms with van der Waals surface area (Å²) in [7, 11) is 0. The summed E-state index contributed by atoms with van der Waals surface area (Å²) in [6.45, 7) is 6.32. The van der Waals surface area contributed by atoms with Gasteiger partial charge in [-0.15, -0.1) is 0 Å². The fraction of sp³-hybridized carbons (Fsp3) is 0.576. The molecule has 0 aromatic carbocycles. The molecule has 0 aliphatic heterocycles. The molecule has 0 N–H and O–H groups in total. The Morgan fingerprint density at radius 1 is 0.323 bits per heavy atom. The van der Waals surface area contributed by atoms with Crippen LogP contribution in [0.2, 0.25) is 0 Å². The molecule has 0 unspecified atom stereocenters. The monoisotopic (exact) mass is 897 g/mol. The summed E-state index contributed by atoms with van der Waals surface area (Å²) < 4.78 is 16.7. The number of ether oxygens (including phenoxy) is 3. The molecule has 6 nitrogen and oxygen atoms in total. The predicted molar refractivity (Wildman–Crippen MR) is 279 cm³/mol. The summed E-state index contributed by atoms with van der Waals surface area (Å²) in [6, 6.07) is 0. The van der Waals surface area contributed by atoms with Gasteiger partial charge >= 0.3 is 17.9 Å². The lowest BCUT2D eigenvalue weighted by Crippen LogP contribution is -2.30. The minimum absolute atomic E-state index is 0.137. The molecule has 364 valence electrons. The number of hydrogen-bond acceptors (Lipinski definition) is 6. The van der Waals surface area contributed by atoms with Gasteiger partial charge in [-0.25, -0.2) is 0 Å². The second-order valence-electron chi connectivity index (χ2n) is 16.3. The molecule has 0 aromatic heterocycles. The molecule has 65 heavy (non-hydrogen) atoms. The van der Waals surface area contributed by atoms with Crippen LogP contribution in [0.1, 0.15) is 201 Å². The Hall–Kier alpha value is -4.45. The van der Waals surface area contributed by atoms with E-state index < -0.39 is 6.10 Å². The zero-order valence-corrected chi connectivity index (χ0v) is 41.4. The van der Waals surface area contributed by atoms with Crippen LogP contribution < -0.4 is 0 Å². The van der Waals surface area contributed by atoms with E-state index in [-0.39, 0.29) is 50.4 Å². The van der Waals surface area contributed by atoms with Gasteiger partial charge in [0.1, 0.15) is 13.2 Å². The predicted octanol–water partition coefficient (Wildman–Crippen LogP) is 17.1. The number of rotatable bonds is 44. The van der Waals surface area contributed by atoms with E-state index in [2.05, 4.69) is 154 Å². The van der Waals surface area contributed by atoms with Gasteiger partial charge in [-0.3, -0.25) is 14.4 Å². The van der Waals surface area contributed by atoms with Crippen molar-refractivity contribution in [2.45, 2.75) is 207 Å². The summed E-state index contributed by atoms with van der Waals surface area (Å²) in [5, 5.41) is 0. The van der Waals surface area contributed by atoms with Crippen molar-refractivity contribution in [2.75, 3.05) is 13.2 Å². The van der Waals surface area contributed by atoms with E-state index in [1.54, 1.807) is 0 Å². The quantitative estimate of drug-likeness (QED) is 0.0262. The van der Waals surface area contributed by atoms with Crippen LogP contribution in [0.5, 0.6) is 0 Å². The third kappa shape index (κ3) is 50.4.